The van der Waals surface area contributed by atoms with Crippen LogP contribution < -0.4 is 10.1 Å². The monoisotopic (exact) mass is 482 g/mol. The van der Waals surface area contributed by atoms with Gasteiger partial charge in [-0.1, -0.05) is 6.07 Å². The first-order valence-corrected chi connectivity index (χ1v) is 10.8. The minimum Gasteiger partial charge on any atom is -0.496 e. The largest absolute Gasteiger partial charge is 0.496 e. The molecule has 1 N–H and O–H groups in total. The molecule has 3 heterocycles. The van der Waals surface area contributed by atoms with Gasteiger partial charge in [0, 0.05) is 18.8 Å². The molecule has 0 unspecified atom stereocenters. The highest BCUT2D eigenvalue weighted by Gasteiger charge is 2.41. The topological polar surface area (TPSA) is 120 Å². The number of rotatable bonds is 8. The van der Waals surface area contributed by atoms with Gasteiger partial charge in [-0.2, -0.15) is 0 Å². The Kier molecular flexibility index (Phi) is 6.73. The number of nitrogens with one attached hydrogen (secondary N) is 1. The average molecular weight is 483 g/mol. The summed E-state index contributed by atoms with van der Waals surface area (Å²) in [5.41, 5.74) is 1.26. The first kappa shape index (κ1) is 23.2. The lowest BCUT2D eigenvalue weighted by molar-refractivity contribution is -0.384. The molecule has 0 spiro atoms. The smallest absolute Gasteiger partial charge is 0.307 e. The Morgan fingerprint density at radius 2 is 2.09 bits per heavy atom. The molecule has 34 heavy (non-hydrogen) atoms. The van der Waals surface area contributed by atoms with Gasteiger partial charge < -0.3 is 24.1 Å². The van der Waals surface area contributed by atoms with E-state index in [4.69, 9.17) is 26.1 Å². The zero-order chi connectivity index (χ0) is 24.2. The molecular formula is C23H22N4O6S. The number of aromatic nitrogens is 1. The third kappa shape index (κ3) is 4.55. The number of non-ortho nitro benzene ring substituents is 1. The van der Waals surface area contributed by atoms with E-state index in [2.05, 4.69) is 10.3 Å². The minimum absolute atomic E-state index is 0.0816. The molecule has 4 rings (SSSR count). The van der Waals surface area contributed by atoms with Crippen molar-refractivity contribution in [3.63, 3.8) is 0 Å². The summed E-state index contributed by atoms with van der Waals surface area (Å²) < 4.78 is 16.4. The van der Waals surface area contributed by atoms with Crippen molar-refractivity contribution in [3.05, 3.63) is 76.3 Å². The van der Waals surface area contributed by atoms with Crippen LogP contribution in [0.25, 0.3) is 11.3 Å². The van der Waals surface area contributed by atoms with E-state index in [1.54, 1.807) is 18.3 Å². The number of hydrogen-bond acceptors (Lipinski definition) is 8. The molecule has 11 heteroatoms. The van der Waals surface area contributed by atoms with Crippen LogP contribution in [0.4, 0.5) is 5.69 Å². The molecule has 1 aliphatic rings. The Morgan fingerprint density at radius 3 is 2.76 bits per heavy atom. The fraction of sp³-hybridized carbons (Fsp3) is 0.261. The number of hydrogen-bond donors (Lipinski definition) is 1. The maximum atomic E-state index is 11.8. The number of esters is 1. The molecule has 1 aromatic carbocycles. The van der Waals surface area contributed by atoms with E-state index < -0.39 is 4.92 Å². The van der Waals surface area contributed by atoms with E-state index in [9.17, 15) is 14.9 Å². The maximum absolute atomic E-state index is 11.8. The Hall–Kier alpha value is -3.99. The summed E-state index contributed by atoms with van der Waals surface area (Å²) in [5, 5.41) is 14.9. The molecule has 3 aromatic rings. The van der Waals surface area contributed by atoms with E-state index in [-0.39, 0.29) is 30.2 Å². The number of carbonyl (C=O) groups excluding carboxylic acids is 1. The summed E-state index contributed by atoms with van der Waals surface area (Å²) in [5.74, 6) is 1.04. The van der Waals surface area contributed by atoms with E-state index in [0.717, 1.165) is 5.69 Å². The molecule has 1 fully saturated rings. The summed E-state index contributed by atoms with van der Waals surface area (Å²) in [4.78, 5) is 28.8. The SMILES string of the molecule is COC(=O)CCN1C(=S)N[C@@H](c2ccccn2)[C@H]1c1ccc(-c2ccc([N+](=O)[O-])cc2OC)o1. The van der Waals surface area contributed by atoms with Crippen LogP contribution in [0.1, 0.15) is 30.0 Å². The highest BCUT2D eigenvalue weighted by Crippen LogP contribution is 2.42. The van der Waals surface area contributed by atoms with Crippen molar-refractivity contribution >= 4 is 29.0 Å². The average Bonchev–Trinajstić information content (AvgIpc) is 3.46. The fourth-order valence-electron chi connectivity index (χ4n) is 3.92. The first-order valence-electron chi connectivity index (χ1n) is 10.4. The standard InChI is InChI=1S/C23H22N4O6S/c1-31-19-13-14(27(29)30)6-7-15(19)17-8-9-18(33-17)22-21(16-5-3-4-11-24-16)25-23(34)26(22)12-10-20(28)32-2/h3-9,11,13,21-22H,10,12H2,1-2H3,(H,25,34)/t21-,22+/m0/s1. The van der Waals surface area contributed by atoms with Gasteiger partial charge in [0.15, 0.2) is 5.11 Å². The lowest BCUT2D eigenvalue weighted by atomic mass is 10.0. The summed E-state index contributed by atoms with van der Waals surface area (Å²) in [6.07, 6.45) is 1.84. The summed E-state index contributed by atoms with van der Waals surface area (Å²) >= 11 is 5.57. The van der Waals surface area contributed by atoms with Crippen LogP contribution in [0.2, 0.25) is 0 Å². The van der Waals surface area contributed by atoms with Crippen molar-refractivity contribution in [2.24, 2.45) is 0 Å². The van der Waals surface area contributed by atoms with Crippen molar-refractivity contribution in [2.45, 2.75) is 18.5 Å². The number of ether oxygens (including phenoxy) is 2. The van der Waals surface area contributed by atoms with Gasteiger partial charge in [-0.15, -0.1) is 0 Å². The van der Waals surface area contributed by atoms with Crippen LogP contribution >= 0.6 is 12.2 Å². The second-order valence-corrected chi connectivity index (χ2v) is 7.88. The Labute approximate surface area is 200 Å². The number of nitro groups is 1. The summed E-state index contributed by atoms with van der Waals surface area (Å²) in [6, 6.07) is 12.8. The van der Waals surface area contributed by atoms with Gasteiger partial charge in [-0.05, 0) is 42.5 Å². The van der Waals surface area contributed by atoms with Crippen LogP contribution in [0.15, 0.2) is 59.1 Å². The minimum atomic E-state index is -0.484. The molecule has 2 atom stereocenters. The molecule has 1 saturated heterocycles. The molecule has 0 saturated carbocycles. The number of furan rings is 1. The van der Waals surface area contributed by atoms with Crippen molar-refractivity contribution in [2.75, 3.05) is 20.8 Å². The number of pyridine rings is 1. The van der Waals surface area contributed by atoms with Crippen molar-refractivity contribution in [3.8, 4) is 17.1 Å². The zero-order valence-electron chi connectivity index (χ0n) is 18.5. The Bertz CT molecular complexity index is 1220. The molecule has 0 radical (unpaired) electrons. The van der Waals surface area contributed by atoms with E-state index >= 15 is 0 Å². The van der Waals surface area contributed by atoms with E-state index in [1.165, 1.54) is 26.4 Å². The molecule has 2 aromatic heterocycles. The van der Waals surface area contributed by atoms with Crippen LogP contribution in [-0.2, 0) is 9.53 Å². The van der Waals surface area contributed by atoms with Gasteiger partial charge in [-0.25, -0.2) is 0 Å². The maximum Gasteiger partial charge on any atom is 0.307 e. The molecule has 0 amide bonds. The molecule has 0 aliphatic carbocycles. The van der Waals surface area contributed by atoms with Crippen molar-refractivity contribution in [1.29, 1.82) is 0 Å². The molecule has 0 bridgehead atoms. The highest BCUT2D eigenvalue weighted by atomic mass is 32.1. The molecule has 10 nitrogen and oxygen atoms in total. The van der Waals surface area contributed by atoms with Crippen LogP contribution in [-0.4, -0.2) is 46.7 Å². The van der Waals surface area contributed by atoms with Crippen LogP contribution in [0, 0.1) is 10.1 Å². The predicted molar refractivity (Wildman–Crippen MR) is 126 cm³/mol. The molecule has 176 valence electrons. The van der Waals surface area contributed by atoms with Gasteiger partial charge in [0.05, 0.1) is 48.9 Å². The Balaban J connectivity index is 1.71. The number of methoxy groups -OCH3 is 2. The highest BCUT2D eigenvalue weighted by molar-refractivity contribution is 7.80. The Morgan fingerprint density at radius 1 is 1.26 bits per heavy atom. The van der Waals surface area contributed by atoms with Gasteiger partial charge in [-0.3, -0.25) is 19.9 Å². The number of nitro benzene ring substituents is 1. The van der Waals surface area contributed by atoms with Crippen LogP contribution in [0.3, 0.4) is 0 Å². The second kappa shape index (κ2) is 9.87. The first-order chi connectivity index (χ1) is 16.4. The van der Waals surface area contributed by atoms with Crippen molar-refractivity contribution in [1.82, 2.24) is 15.2 Å². The number of thiocarbonyl (C=S) groups is 1. The van der Waals surface area contributed by atoms with Crippen molar-refractivity contribution < 1.29 is 23.6 Å². The number of benzene rings is 1. The number of nitrogens with zero attached hydrogens (tertiary/aromatic N) is 3. The summed E-state index contributed by atoms with van der Waals surface area (Å²) in [6.45, 7) is 0.323. The third-order valence-corrected chi connectivity index (χ3v) is 5.91. The fourth-order valence-corrected chi connectivity index (χ4v) is 4.25. The molecule has 1 aliphatic heterocycles. The molecular weight excluding hydrogens is 460 g/mol. The zero-order valence-corrected chi connectivity index (χ0v) is 19.3. The van der Waals surface area contributed by atoms with E-state index in [1.807, 2.05) is 29.2 Å². The number of carbonyl (C=O) groups is 1. The van der Waals surface area contributed by atoms with Gasteiger partial charge in [0.1, 0.15) is 23.3 Å². The predicted octanol–water partition coefficient (Wildman–Crippen LogP) is 3.79. The second-order valence-electron chi connectivity index (χ2n) is 7.49. The lowest BCUT2D eigenvalue weighted by Gasteiger charge is -2.25. The van der Waals surface area contributed by atoms with E-state index in [0.29, 0.717) is 34.5 Å². The normalized spacial score (nSPS) is 17.4. The quantitative estimate of drug-likeness (QED) is 0.220. The van der Waals surface area contributed by atoms with Gasteiger partial charge >= 0.3 is 5.97 Å². The summed E-state index contributed by atoms with van der Waals surface area (Å²) in [7, 11) is 2.78. The lowest BCUT2D eigenvalue weighted by Crippen LogP contribution is -2.31. The third-order valence-electron chi connectivity index (χ3n) is 5.56. The van der Waals surface area contributed by atoms with Gasteiger partial charge in [0.2, 0.25) is 0 Å². The van der Waals surface area contributed by atoms with Crippen LogP contribution in [0.5, 0.6) is 5.75 Å². The van der Waals surface area contributed by atoms with Gasteiger partial charge in [0.25, 0.3) is 5.69 Å².